The first kappa shape index (κ1) is 19.3. The Balaban J connectivity index is 1.72. The average molecular weight is 369 g/mol. The van der Waals surface area contributed by atoms with E-state index in [2.05, 4.69) is 67.1 Å². The number of benzene rings is 1. The zero-order valence-corrected chi connectivity index (χ0v) is 16.6. The number of aryl methyl sites for hydroxylation is 3. The van der Waals surface area contributed by atoms with Crippen LogP contribution in [0.1, 0.15) is 41.4 Å². The Labute approximate surface area is 160 Å². The van der Waals surface area contributed by atoms with Crippen LogP contribution in [0.5, 0.6) is 0 Å². The predicted molar refractivity (Wildman–Crippen MR) is 105 cm³/mol. The molecule has 3 rings (SSSR count). The Morgan fingerprint density at radius 3 is 2.59 bits per heavy atom. The standard InChI is InChI=1S/C21H27N3O3/c1-14-6-7-19(15(2)10-14)24-16(3)11-18(17(24)4)13-22-23-20(25)12-21(5)26-8-9-27-21/h6-7,10-11,13H,8-9,12H2,1-5H3,(H,23,25)/b22-13-. The molecule has 0 spiro atoms. The fraction of sp³-hybridized carbons (Fsp3) is 0.429. The SMILES string of the molecule is Cc1ccc(-n2c(C)cc(/C=N\NC(=O)CC3(C)OCCO3)c2C)c(C)c1. The van der Waals surface area contributed by atoms with Gasteiger partial charge in [0.1, 0.15) is 0 Å². The topological polar surface area (TPSA) is 64.9 Å². The Kier molecular flexibility index (Phi) is 5.48. The summed E-state index contributed by atoms with van der Waals surface area (Å²) in [6.45, 7) is 11.1. The number of aromatic nitrogens is 1. The lowest BCUT2D eigenvalue weighted by molar-refractivity contribution is -0.159. The van der Waals surface area contributed by atoms with Crippen LogP contribution in [0, 0.1) is 27.7 Å². The number of hydrogen-bond acceptors (Lipinski definition) is 4. The summed E-state index contributed by atoms with van der Waals surface area (Å²) < 4.78 is 13.1. The lowest BCUT2D eigenvalue weighted by atomic mass is 10.1. The van der Waals surface area contributed by atoms with E-state index in [-0.39, 0.29) is 12.3 Å². The molecule has 0 aliphatic carbocycles. The van der Waals surface area contributed by atoms with Crippen LogP contribution in [-0.4, -0.2) is 35.7 Å². The number of ether oxygens (including phenoxy) is 2. The third kappa shape index (κ3) is 4.28. The largest absolute Gasteiger partial charge is 0.347 e. The first-order valence-corrected chi connectivity index (χ1v) is 9.15. The predicted octanol–water partition coefficient (Wildman–Crippen LogP) is 3.31. The molecule has 144 valence electrons. The maximum atomic E-state index is 12.1. The number of carbonyl (C=O) groups excluding carboxylic acids is 1. The zero-order chi connectivity index (χ0) is 19.6. The van der Waals surface area contributed by atoms with Gasteiger partial charge < -0.3 is 14.0 Å². The van der Waals surface area contributed by atoms with Crippen LogP contribution in [0.4, 0.5) is 0 Å². The number of carbonyl (C=O) groups is 1. The minimum atomic E-state index is -0.849. The third-order valence-electron chi connectivity index (χ3n) is 4.84. The van der Waals surface area contributed by atoms with Gasteiger partial charge in [0, 0.05) is 22.6 Å². The molecule has 0 unspecified atom stereocenters. The van der Waals surface area contributed by atoms with Crippen molar-refractivity contribution in [2.24, 2.45) is 5.10 Å². The van der Waals surface area contributed by atoms with E-state index >= 15 is 0 Å². The molecule has 1 aliphatic rings. The fourth-order valence-electron chi connectivity index (χ4n) is 3.51. The highest BCUT2D eigenvalue weighted by molar-refractivity contribution is 5.84. The van der Waals surface area contributed by atoms with Crippen molar-refractivity contribution in [1.82, 2.24) is 9.99 Å². The number of nitrogens with zero attached hydrogens (tertiary/aromatic N) is 2. The van der Waals surface area contributed by atoms with E-state index in [9.17, 15) is 4.79 Å². The van der Waals surface area contributed by atoms with Crippen molar-refractivity contribution in [1.29, 1.82) is 0 Å². The summed E-state index contributed by atoms with van der Waals surface area (Å²) in [6.07, 6.45) is 1.80. The first-order chi connectivity index (χ1) is 12.8. The van der Waals surface area contributed by atoms with Crippen molar-refractivity contribution in [3.8, 4) is 5.69 Å². The molecule has 1 saturated heterocycles. The van der Waals surface area contributed by atoms with Gasteiger partial charge in [0.15, 0.2) is 5.79 Å². The van der Waals surface area contributed by atoms with Crippen molar-refractivity contribution in [3.63, 3.8) is 0 Å². The molecule has 27 heavy (non-hydrogen) atoms. The van der Waals surface area contributed by atoms with Crippen molar-refractivity contribution < 1.29 is 14.3 Å². The summed E-state index contributed by atoms with van der Waals surface area (Å²) >= 11 is 0. The fourth-order valence-corrected chi connectivity index (χ4v) is 3.51. The average Bonchev–Trinajstić information content (AvgIpc) is 3.12. The van der Waals surface area contributed by atoms with Gasteiger partial charge >= 0.3 is 0 Å². The second-order valence-corrected chi connectivity index (χ2v) is 7.25. The van der Waals surface area contributed by atoms with Crippen LogP contribution >= 0.6 is 0 Å². The highest BCUT2D eigenvalue weighted by Gasteiger charge is 2.33. The van der Waals surface area contributed by atoms with Crippen LogP contribution in [0.3, 0.4) is 0 Å². The summed E-state index contributed by atoms with van der Waals surface area (Å²) in [7, 11) is 0. The molecule has 1 fully saturated rings. The second kappa shape index (κ2) is 7.66. The zero-order valence-electron chi connectivity index (χ0n) is 16.6. The molecule has 0 bridgehead atoms. The molecule has 0 atom stereocenters. The van der Waals surface area contributed by atoms with E-state index in [1.54, 1.807) is 13.1 Å². The molecule has 6 heteroatoms. The smallest absolute Gasteiger partial charge is 0.245 e. The van der Waals surface area contributed by atoms with Gasteiger partial charge in [0.25, 0.3) is 0 Å². The molecule has 1 aromatic heterocycles. The van der Waals surface area contributed by atoms with Gasteiger partial charge in [-0.2, -0.15) is 5.10 Å². The maximum Gasteiger partial charge on any atom is 0.245 e. The summed E-state index contributed by atoms with van der Waals surface area (Å²) in [5.74, 6) is -1.09. The Morgan fingerprint density at radius 2 is 1.93 bits per heavy atom. The van der Waals surface area contributed by atoms with Crippen LogP contribution in [0.2, 0.25) is 0 Å². The number of hydrogen-bond donors (Lipinski definition) is 1. The van der Waals surface area contributed by atoms with Crippen LogP contribution in [-0.2, 0) is 14.3 Å². The quantitative estimate of drug-likeness (QED) is 0.650. The second-order valence-electron chi connectivity index (χ2n) is 7.25. The van der Waals surface area contributed by atoms with Crippen molar-refractivity contribution in [3.05, 3.63) is 52.3 Å². The highest BCUT2D eigenvalue weighted by Crippen LogP contribution is 2.24. The van der Waals surface area contributed by atoms with E-state index in [1.165, 1.54) is 11.1 Å². The number of amides is 1. The molecule has 1 amide bonds. The summed E-state index contributed by atoms with van der Waals surface area (Å²) in [4.78, 5) is 12.1. The Hall–Kier alpha value is -2.44. The molecule has 1 aromatic carbocycles. The minimum Gasteiger partial charge on any atom is -0.347 e. The van der Waals surface area contributed by atoms with Crippen LogP contribution in [0.25, 0.3) is 5.69 Å². The molecule has 0 saturated carbocycles. The van der Waals surface area contributed by atoms with E-state index in [0.29, 0.717) is 13.2 Å². The summed E-state index contributed by atoms with van der Waals surface area (Å²) in [5.41, 5.74) is 9.34. The Bertz CT molecular complexity index is 877. The molecular weight excluding hydrogens is 342 g/mol. The van der Waals surface area contributed by atoms with Gasteiger partial charge in [-0.25, -0.2) is 5.43 Å². The summed E-state index contributed by atoms with van der Waals surface area (Å²) in [6, 6.07) is 8.49. The minimum absolute atomic E-state index is 0.117. The molecule has 2 heterocycles. The molecule has 6 nitrogen and oxygen atoms in total. The van der Waals surface area contributed by atoms with Crippen molar-refractivity contribution in [2.45, 2.75) is 46.8 Å². The Morgan fingerprint density at radius 1 is 1.22 bits per heavy atom. The van der Waals surface area contributed by atoms with E-state index < -0.39 is 5.79 Å². The monoisotopic (exact) mass is 369 g/mol. The third-order valence-corrected chi connectivity index (χ3v) is 4.84. The number of nitrogens with one attached hydrogen (secondary N) is 1. The van der Waals surface area contributed by atoms with E-state index in [4.69, 9.17) is 9.47 Å². The van der Waals surface area contributed by atoms with Crippen molar-refractivity contribution in [2.75, 3.05) is 13.2 Å². The van der Waals surface area contributed by atoms with Gasteiger partial charge in [-0.1, -0.05) is 17.7 Å². The number of hydrazone groups is 1. The molecular formula is C21H27N3O3. The van der Waals surface area contributed by atoms with Crippen LogP contribution in [0.15, 0.2) is 29.4 Å². The first-order valence-electron chi connectivity index (χ1n) is 9.15. The molecule has 0 radical (unpaired) electrons. The van der Waals surface area contributed by atoms with Crippen molar-refractivity contribution >= 4 is 12.1 Å². The summed E-state index contributed by atoms with van der Waals surface area (Å²) in [5, 5.41) is 4.11. The maximum absolute atomic E-state index is 12.1. The highest BCUT2D eigenvalue weighted by atomic mass is 16.7. The van der Waals surface area contributed by atoms with E-state index in [1.807, 2.05) is 0 Å². The normalized spacial score (nSPS) is 16.2. The molecule has 1 N–H and O–H groups in total. The molecule has 1 aliphatic heterocycles. The lowest BCUT2D eigenvalue weighted by Gasteiger charge is -2.20. The number of rotatable bonds is 5. The van der Waals surface area contributed by atoms with Gasteiger partial charge in [-0.15, -0.1) is 0 Å². The van der Waals surface area contributed by atoms with Gasteiger partial charge in [0.05, 0.1) is 25.8 Å². The van der Waals surface area contributed by atoms with Crippen LogP contribution < -0.4 is 5.43 Å². The van der Waals surface area contributed by atoms with Gasteiger partial charge in [-0.05, 0) is 52.3 Å². The van der Waals surface area contributed by atoms with Gasteiger partial charge in [-0.3, -0.25) is 4.79 Å². The molecule has 2 aromatic rings. The van der Waals surface area contributed by atoms with E-state index in [0.717, 1.165) is 22.6 Å². The lowest BCUT2D eigenvalue weighted by Crippen LogP contribution is -2.33. The van der Waals surface area contributed by atoms with Gasteiger partial charge in [0.2, 0.25) is 5.91 Å².